The number of rotatable bonds is 5. The van der Waals surface area contributed by atoms with Crippen LogP contribution in [0.4, 0.5) is 5.69 Å². The fourth-order valence-electron chi connectivity index (χ4n) is 4.46. The molecule has 1 aliphatic rings. The number of carbonyl (C=O) groups excluding carboxylic acids is 1. The highest BCUT2D eigenvalue weighted by Gasteiger charge is 2.27. The van der Waals surface area contributed by atoms with E-state index in [0.717, 1.165) is 58.6 Å². The van der Waals surface area contributed by atoms with E-state index in [-0.39, 0.29) is 11.8 Å². The molecule has 5 rings (SSSR count). The van der Waals surface area contributed by atoms with Gasteiger partial charge in [-0.15, -0.1) is 0 Å². The van der Waals surface area contributed by atoms with Crippen LogP contribution < -0.4 is 5.32 Å². The second kappa shape index (κ2) is 9.27. The summed E-state index contributed by atoms with van der Waals surface area (Å²) in [5.41, 5.74) is 4.01. The zero-order valence-electron chi connectivity index (χ0n) is 17.7. The molecule has 1 saturated heterocycles. The summed E-state index contributed by atoms with van der Waals surface area (Å²) in [7, 11) is 0. The lowest BCUT2D eigenvalue weighted by atomic mass is 9.97. The van der Waals surface area contributed by atoms with E-state index in [2.05, 4.69) is 55.0 Å². The Morgan fingerprint density at radius 3 is 2.69 bits per heavy atom. The highest BCUT2D eigenvalue weighted by Crippen LogP contribution is 2.26. The zero-order chi connectivity index (χ0) is 21.9. The third kappa shape index (κ3) is 4.47. The lowest BCUT2D eigenvalue weighted by molar-refractivity contribution is -0.121. The maximum Gasteiger partial charge on any atom is 0.228 e. The minimum atomic E-state index is -0.0207. The lowest BCUT2D eigenvalue weighted by Crippen LogP contribution is -2.40. The number of nitrogens with one attached hydrogen (secondary N) is 1. The summed E-state index contributed by atoms with van der Waals surface area (Å²) < 4.78 is 3.27. The van der Waals surface area contributed by atoms with E-state index in [9.17, 15) is 4.79 Å². The van der Waals surface area contributed by atoms with Crippen molar-refractivity contribution in [1.29, 1.82) is 0 Å². The summed E-state index contributed by atoms with van der Waals surface area (Å²) in [6, 6.07) is 26.2. The number of hydrogen-bond donors (Lipinski definition) is 1. The minimum absolute atomic E-state index is 0.0207. The van der Waals surface area contributed by atoms with Gasteiger partial charge < -0.3 is 5.32 Å². The molecular formula is C26H25BrN4O. The first kappa shape index (κ1) is 20.9. The van der Waals surface area contributed by atoms with E-state index in [1.165, 1.54) is 0 Å². The summed E-state index contributed by atoms with van der Waals surface area (Å²) in [6.07, 6.45) is 1.92. The Bertz CT molecular complexity index is 1240. The molecule has 5 nitrogen and oxygen atoms in total. The van der Waals surface area contributed by atoms with Crippen molar-refractivity contribution in [2.24, 2.45) is 5.92 Å². The summed E-state index contributed by atoms with van der Waals surface area (Å²) in [5.74, 6) is 1.07. The van der Waals surface area contributed by atoms with Crippen molar-refractivity contribution in [2.45, 2.75) is 19.4 Å². The number of nitrogens with zero attached hydrogens (tertiary/aromatic N) is 3. The highest BCUT2D eigenvalue weighted by atomic mass is 79.9. The van der Waals surface area contributed by atoms with Crippen molar-refractivity contribution in [3.63, 3.8) is 0 Å². The Balaban J connectivity index is 1.38. The largest absolute Gasteiger partial charge is 0.326 e. The van der Waals surface area contributed by atoms with Gasteiger partial charge in [0.1, 0.15) is 5.82 Å². The normalized spacial score (nSPS) is 16.8. The van der Waals surface area contributed by atoms with Gasteiger partial charge in [0, 0.05) is 22.4 Å². The number of likely N-dealkylation sites (tertiary alicyclic amines) is 1. The van der Waals surface area contributed by atoms with Crippen molar-refractivity contribution in [3.05, 3.63) is 89.2 Å². The number of carbonyl (C=O) groups is 1. The number of imidazole rings is 1. The smallest absolute Gasteiger partial charge is 0.228 e. The molecule has 2 heterocycles. The predicted octanol–water partition coefficient (Wildman–Crippen LogP) is 5.64. The van der Waals surface area contributed by atoms with Crippen LogP contribution in [0, 0.1) is 5.92 Å². The van der Waals surface area contributed by atoms with Crippen LogP contribution in [0.5, 0.6) is 0 Å². The molecule has 1 N–H and O–H groups in total. The third-order valence-electron chi connectivity index (χ3n) is 5.98. The first-order chi connectivity index (χ1) is 15.7. The van der Waals surface area contributed by atoms with Crippen molar-refractivity contribution >= 4 is 38.6 Å². The van der Waals surface area contributed by atoms with Crippen LogP contribution in [0.1, 0.15) is 18.7 Å². The highest BCUT2D eigenvalue weighted by molar-refractivity contribution is 9.10. The molecule has 0 bridgehead atoms. The van der Waals surface area contributed by atoms with Gasteiger partial charge in [-0.05, 0) is 61.9 Å². The van der Waals surface area contributed by atoms with Crippen LogP contribution in [0.3, 0.4) is 0 Å². The molecule has 3 aromatic carbocycles. The number of piperidine rings is 1. The predicted molar refractivity (Wildman–Crippen MR) is 132 cm³/mol. The number of amides is 1. The van der Waals surface area contributed by atoms with E-state index in [1.54, 1.807) is 0 Å². The van der Waals surface area contributed by atoms with Crippen molar-refractivity contribution in [2.75, 3.05) is 18.4 Å². The number of anilines is 1. The van der Waals surface area contributed by atoms with Gasteiger partial charge in [-0.25, -0.2) is 4.98 Å². The Labute approximate surface area is 196 Å². The van der Waals surface area contributed by atoms with E-state index in [1.807, 2.05) is 54.6 Å². The fraction of sp³-hybridized carbons (Fsp3) is 0.231. The van der Waals surface area contributed by atoms with Gasteiger partial charge in [0.05, 0.1) is 23.5 Å². The number of halogens is 1. The van der Waals surface area contributed by atoms with Gasteiger partial charge in [-0.1, -0.05) is 52.3 Å². The van der Waals surface area contributed by atoms with Crippen LogP contribution in [0.15, 0.2) is 83.3 Å². The number of aromatic nitrogens is 2. The molecule has 1 aromatic heterocycles. The average molecular weight is 489 g/mol. The van der Waals surface area contributed by atoms with Crippen LogP contribution in [0.25, 0.3) is 16.7 Å². The van der Waals surface area contributed by atoms with E-state index in [4.69, 9.17) is 4.98 Å². The third-order valence-corrected chi connectivity index (χ3v) is 6.47. The zero-order valence-corrected chi connectivity index (χ0v) is 19.3. The molecular weight excluding hydrogens is 464 g/mol. The van der Waals surface area contributed by atoms with Crippen molar-refractivity contribution < 1.29 is 4.79 Å². The Morgan fingerprint density at radius 1 is 1.03 bits per heavy atom. The first-order valence-electron chi connectivity index (χ1n) is 11.0. The van der Waals surface area contributed by atoms with E-state index < -0.39 is 0 Å². The van der Waals surface area contributed by atoms with Gasteiger partial charge in [0.15, 0.2) is 0 Å². The molecule has 162 valence electrons. The summed E-state index contributed by atoms with van der Waals surface area (Å²) in [5, 5.41) is 3.07. The van der Waals surface area contributed by atoms with Gasteiger partial charge in [0.25, 0.3) is 0 Å². The standard InChI is InChI=1S/C26H25BrN4O/c27-20-9-6-12-22(16-20)31-24-14-5-4-13-23(24)29-25(31)18-30-15-7-8-19(17-30)26(32)28-21-10-2-1-3-11-21/h1-6,9-14,16,19H,7-8,15,17-18H2,(H,28,32)/t19-/m0/s1. The first-order valence-corrected chi connectivity index (χ1v) is 11.8. The fourth-order valence-corrected chi connectivity index (χ4v) is 4.85. The van der Waals surface area contributed by atoms with Gasteiger partial charge >= 0.3 is 0 Å². The molecule has 1 aliphatic heterocycles. The minimum Gasteiger partial charge on any atom is -0.326 e. The quantitative estimate of drug-likeness (QED) is 0.395. The second-order valence-corrected chi connectivity index (χ2v) is 9.18. The molecule has 0 unspecified atom stereocenters. The van der Waals surface area contributed by atoms with Gasteiger partial charge in [0.2, 0.25) is 5.91 Å². The maximum absolute atomic E-state index is 12.9. The van der Waals surface area contributed by atoms with Crippen LogP contribution in [-0.2, 0) is 11.3 Å². The van der Waals surface area contributed by atoms with Crippen LogP contribution in [0.2, 0.25) is 0 Å². The molecule has 0 saturated carbocycles. The number of fused-ring (bicyclic) bond motifs is 1. The Hall–Kier alpha value is -2.96. The van der Waals surface area contributed by atoms with Crippen LogP contribution in [-0.4, -0.2) is 33.4 Å². The van der Waals surface area contributed by atoms with Crippen molar-refractivity contribution in [1.82, 2.24) is 14.5 Å². The molecule has 4 aromatic rings. The summed E-state index contributed by atoms with van der Waals surface area (Å²) in [4.78, 5) is 20.2. The molecule has 1 atom stereocenters. The number of hydrogen-bond acceptors (Lipinski definition) is 3. The average Bonchev–Trinajstić information content (AvgIpc) is 3.17. The SMILES string of the molecule is O=C(Nc1ccccc1)[C@H]1CCCN(Cc2nc3ccccc3n2-c2cccc(Br)c2)C1. The monoisotopic (exact) mass is 488 g/mol. The van der Waals surface area contributed by atoms with Gasteiger partial charge in [-0.3, -0.25) is 14.3 Å². The Morgan fingerprint density at radius 2 is 1.84 bits per heavy atom. The molecule has 0 radical (unpaired) electrons. The second-order valence-electron chi connectivity index (χ2n) is 8.26. The molecule has 0 spiro atoms. The number of para-hydroxylation sites is 3. The molecule has 32 heavy (non-hydrogen) atoms. The molecule has 1 amide bonds. The molecule has 1 fully saturated rings. The molecule has 6 heteroatoms. The summed E-state index contributed by atoms with van der Waals surface area (Å²) >= 11 is 3.60. The lowest BCUT2D eigenvalue weighted by Gasteiger charge is -2.31. The Kier molecular flexibility index (Phi) is 6.06. The maximum atomic E-state index is 12.9. The van der Waals surface area contributed by atoms with E-state index in [0.29, 0.717) is 6.54 Å². The van der Waals surface area contributed by atoms with Gasteiger partial charge in [-0.2, -0.15) is 0 Å². The van der Waals surface area contributed by atoms with Crippen LogP contribution >= 0.6 is 15.9 Å². The molecule has 0 aliphatic carbocycles. The number of benzene rings is 3. The topological polar surface area (TPSA) is 50.2 Å². The van der Waals surface area contributed by atoms with Crippen molar-refractivity contribution in [3.8, 4) is 5.69 Å². The summed E-state index contributed by atoms with van der Waals surface area (Å²) in [6.45, 7) is 2.41. The van der Waals surface area contributed by atoms with E-state index >= 15 is 0 Å².